The molecule has 20 heavy (non-hydrogen) atoms. The predicted molar refractivity (Wildman–Crippen MR) is 84.0 cm³/mol. The van der Waals surface area contributed by atoms with Gasteiger partial charge in [0, 0.05) is 31.4 Å². The highest BCUT2D eigenvalue weighted by Crippen LogP contribution is 2.11. The minimum absolute atomic E-state index is 0.475. The lowest BCUT2D eigenvalue weighted by molar-refractivity contribution is 0.497. The molecule has 0 spiro atoms. The first-order chi connectivity index (χ1) is 9.72. The van der Waals surface area contributed by atoms with Crippen LogP contribution >= 0.6 is 0 Å². The fraction of sp³-hybridized carbons (Fsp3) is 0.471. The molecular formula is C17H25N3. The van der Waals surface area contributed by atoms with Crippen molar-refractivity contribution in [3.63, 3.8) is 0 Å². The summed E-state index contributed by atoms with van der Waals surface area (Å²) in [6, 6.07) is 9.26. The van der Waals surface area contributed by atoms with E-state index in [0.717, 1.165) is 25.8 Å². The molecule has 1 aromatic carbocycles. The van der Waals surface area contributed by atoms with Gasteiger partial charge in [0.25, 0.3) is 0 Å². The van der Waals surface area contributed by atoms with E-state index in [1.54, 1.807) is 0 Å². The second-order valence-electron chi connectivity index (χ2n) is 5.35. The Kier molecular flexibility index (Phi) is 5.36. The Morgan fingerprint density at radius 1 is 1.35 bits per heavy atom. The topological polar surface area (TPSA) is 29.9 Å². The lowest BCUT2D eigenvalue weighted by atomic mass is 10.0. The van der Waals surface area contributed by atoms with Crippen LogP contribution in [0.25, 0.3) is 0 Å². The van der Waals surface area contributed by atoms with Crippen molar-refractivity contribution in [2.45, 2.75) is 45.7 Å². The minimum Gasteiger partial charge on any atom is -0.335 e. The van der Waals surface area contributed by atoms with Gasteiger partial charge in [-0.05, 0) is 39.3 Å². The van der Waals surface area contributed by atoms with Gasteiger partial charge in [-0.15, -0.1) is 0 Å². The lowest BCUT2D eigenvalue weighted by Crippen LogP contribution is -2.29. The molecule has 0 fully saturated rings. The fourth-order valence-corrected chi connectivity index (χ4v) is 2.60. The molecule has 108 valence electrons. The second kappa shape index (κ2) is 7.25. The summed E-state index contributed by atoms with van der Waals surface area (Å²) in [5.41, 5.74) is 2.76. The minimum atomic E-state index is 0.475. The third kappa shape index (κ3) is 3.94. The first-order valence-electron chi connectivity index (χ1n) is 7.45. The van der Waals surface area contributed by atoms with Gasteiger partial charge in [0.1, 0.15) is 5.82 Å². The number of benzene rings is 1. The van der Waals surface area contributed by atoms with Gasteiger partial charge >= 0.3 is 0 Å². The molecule has 0 radical (unpaired) electrons. The zero-order valence-corrected chi connectivity index (χ0v) is 12.8. The number of imidazole rings is 1. The maximum absolute atomic E-state index is 4.47. The standard InChI is InChI=1S/C17H25N3/c1-4-20-11-10-19-17(20)13-16(18-3)9-8-15-7-5-6-14(2)12-15/h5-7,10-12,16,18H,4,8-9,13H2,1-3H3. The van der Waals surface area contributed by atoms with Gasteiger partial charge in [-0.3, -0.25) is 0 Å². The van der Waals surface area contributed by atoms with Crippen molar-refractivity contribution < 1.29 is 0 Å². The van der Waals surface area contributed by atoms with Gasteiger partial charge in [-0.1, -0.05) is 29.8 Å². The van der Waals surface area contributed by atoms with Crippen molar-refractivity contribution >= 4 is 0 Å². The van der Waals surface area contributed by atoms with Crippen LogP contribution in [0.3, 0.4) is 0 Å². The summed E-state index contributed by atoms with van der Waals surface area (Å²) >= 11 is 0. The van der Waals surface area contributed by atoms with Crippen molar-refractivity contribution in [1.82, 2.24) is 14.9 Å². The van der Waals surface area contributed by atoms with Gasteiger partial charge in [-0.2, -0.15) is 0 Å². The lowest BCUT2D eigenvalue weighted by Gasteiger charge is -2.16. The zero-order valence-electron chi connectivity index (χ0n) is 12.8. The smallest absolute Gasteiger partial charge is 0.110 e. The molecule has 1 aromatic heterocycles. The molecule has 0 saturated carbocycles. The molecule has 0 saturated heterocycles. The molecule has 0 aliphatic rings. The Labute approximate surface area is 122 Å². The Morgan fingerprint density at radius 2 is 2.20 bits per heavy atom. The molecule has 1 atom stereocenters. The highest BCUT2D eigenvalue weighted by atomic mass is 15.1. The van der Waals surface area contributed by atoms with E-state index in [0.29, 0.717) is 6.04 Å². The van der Waals surface area contributed by atoms with E-state index in [4.69, 9.17) is 0 Å². The van der Waals surface area contributed by atoms with Crippen molar-refractivity contribution in [3.8, 4) is 0 Å². The molecule has 3 heteroatoms. The Bertz CT molecular complexity index is 531. The third-order valence-corrected chi connectivity index (χ3v) is 3.84. The Balaban J connectivity index is 1.92. The molecule has 0 bridgehead atoms. The molecule has 0 amide bonds. The molecule has 2 aromatic rings. The van der Waals surface area contributed by atoms with Gasteiger partial charge < -0.3 is 9.88 Å². The van der Waals surface area contributed by atoms with E-state index in [1.807, 2.05) is 13.2 Å². The molecular weight excluding hydrogens is 246 g/mol. The maximum atomic E-state index is 4.47. The number of aryl methyl sites for hydroxylation is 3. The number of rotatable bonds is 7. The van der Waals surface area contributed by atoms with Crippen LogP contribution in [0.1, 0.15) is 30.3 Å². The van der Waals surface area contributed by atoms with Crippen LogP contribution in [-0.4, -0.2) is 22.6 Å². The van der Waals surface area contributed by atoms with E-state index in [1.165, 1.54) is 17.0 Å². The van der Waals surface area contributed by atoms with Gasteiger partial charge in [-0.25, -0.2) is 4.98 Å². The normalized spacial score (nSPS) is 12.6. The molecule has 3 nitrogen and oxygen atoms in total. The largest absolute Gasteiger partial charge is 0.335 e. The van der Waals surface area contributed by atoms with Gasteiger partial charge in [0.15, 0.2) is 0 Å². The SMILES string of the molecule is CCn1ccnc1CC(CCc1cccc(C)c1)NC. The number of likely N-dealkylation sites (N-methyl/N-ethyl adjacent to an activating group) is 1. The predicted octanol–water partition coefficient (Wildman–Crippen LogP) is 2.97. The van der Waals surface area contributed by atoms with Crippen LogP contribution in [-0.2, 0) is 19.4 Å². The molecule has 1 N–H and O–H groups in total. The van der Waals surface area contributed by atoms with E-state index >= 15 is 0 Å². The van der Waals surface area contributed by atoms with E-state index in [9.17, 15) is 0 Å². The van der Waals surface area contributed by atoms with Crippen LogP contribution in [0, 0.1) is 6.92 Å². The van der Waals surface area contributed by atoms with Crippen molar-refractivity contribution in [3.05, 3.63) is 53.6 Å². The average molecular weight is 271 g/mol. The van der Waals surface area contributed by atoms with E-state index in [2.05, 4.69) is 59.2 Å². The zero-order chi connectivity index (χ0) is 14.4. The highest BCUT2D eigenvalue weighted by Gasteiger charge is 2.11. The molecule has 1 heterocycles. The molecule has 1 unspecified atom stereocenters. The van der Waals surface area contributed by atoms with Gasteiger partial charge in [0.05, 0.1) is 0 Å². The highest BCUT2D eigenvalue weighted by molar-refractivity contribution is 5.22. The van der Waals surface area contributed by atoms with Gasteiger partial charge in [0.2, 0.25) is 0 Å². The number of hydrogen-bond donors (Lipinski definition) is 1. The number of hydrogen-bond acceptors (Lipinski definition) is 2. The first-order valence-corrected chi connectivity index (χ1v) is 7.45. The monoisotopic (exact) mass is 271 g/mol. The van der Waals surface area contributed by atoms with Crippen LogP contribution < -0.4 is 5.32 Å². The summed E-state index contributed by atoms with van der Waals surface area (Å²) in [5, 5.41) is 3.42. The molecule has 0 aliphatic heterocycles. The van der Waals surface area contributed by atoms with Crippen LogP contribution in [0.2, 0.25) is 0 Å². The van der Waals surface area contributed by atoms with Crippen LogP contribution in [0.15, 0.2) is 36.7 Å². The Morgan fingerprint density at radius 3 is 2.90 bits per heavy atom. The summed E-state index contributed by atoms with van der Waals surface area (Å²) in [6.45, 7) is 5.30. The Hall–Kier alpha value is -1.61. The molecule has 0 aliphatic carbocycles. The quantitative estimate of drug-likeness (QED) is 0.839. The summed E-state index contributed by atoms with van der Waals surface area (Å²) in [7, 11) is 2.04. The summed E-state index contributed by atoms with van der Waals surface area (Å²) < 4.78 is 2.22. The molecule has 2 rings (SSSR count). The van der Waals surface area contributed by atoms with E-state index in [-0.39, 0.29) is 0 Å². The summed E-state index contributed by atoms with van der Waals surface area (Å²) in [4.78, 5) is 4.47. The van der Waals surface area contributed by atoms with Crippen molar-refractivity contribution in [1.29, 1.82) is 0 Å². The summed E-state index contributed by atoms with van der Waals surface area (Å²) in [6.07, 6.45) is 7.19. The first kappa shape index (κ1) is 14.8. The average Bonchev–Trinajstić information content (AvgIpc) is 2.90. The third-order valence-electron chi connectivity index (χ3n) is 3.84. The second-order valence-corrected chi connectivity index (χ2v) is 5.35. The number of nitrogens with zero attached hydrogens (tertiary/aromatic N) is 2. The van der Waals surface area contributed by atoms with E-state index < -0.39 is 0 Å². The maximum Gasteiger partial charge on any atom is 0.110 e. The van der Waals surface area contributed by atoms with Crippen molar-refractivity contribution in [2.24, 2.45) is 0 Å². The van der Waals surface area contributed by atoms with Crippen LogP contribution in [0.5, 0.6) is 0 Å². The number of aromatic nitrogens is 2. The number of nitrogens with one attached hydrogen (secondary N) is 1. The summed E-state index contributed by atoms with van der Waals surface area (Å²) in [5.74, 6) is 1.18. The fourth-order valence-electron chi connectivity index (χ4n) is 2.60. The van der Waals surface area contributed by atoms with Crippen LogP contribution in [0.4, 0.5) is 0 Å². The van der Waals surface area contributed by atoms with Crippen molar-refractivity contribution in [2.75, 3.05) is 7.05 Å².